The van der Waals surface area contributed by atoms with Crippen LogP contribution in [-0.2, 0) is 0 Å². The van der Waals surface area contributed by atoms with Crippen LogP contribution < -0.4 is 5.32 Å². The molecule has 0 bridgehead atoms. The zero-order valence-electron chi connectivity index (χ0n) is 10.8. The molecular weight excluding hydrogens is 212 g/mol. The summed E-state index contributed by atoms with van der Waals surface area (Å²) >= 11 is 0. The quantitative estimate of drug-likeness (QED) is 0.816. The number of rotatable bonds is 6. The van der Waals surface area contributed by atoms with Gasteiger partial charge in [-0.2, -0.15) is 5.26 Å². The first-order chi connectivity index (χ1) is 8.21. The smallest absolute Gasteiger partial charge is 0.126 e. The molecule has 4 heteroatoms. The van der Waals surface area contributed by atoms with E-state index in [1.165, 1.54) is 0 Å². The summed E-state index contributed by atoms with van der Waals surface area (Å²) in [6.07, 6.45) is 1.59. The van der Waals surface area contributed by atoms with E-state index in [-0.39, 0.29) is 0 Å². The highest BCUT2D eigenvalue weighted by Gasteiger charge is 2.09. The van der Waals surface area contributed by atoms with Gasteiger partial charge >= 0.3 is 0 Å². The predicted octanol–water partition coefficient (Wildman–Crippen LogP) is 2.10. The standard InChI is InChI=1S/C13H20N4/c1-4-17(5-2)11(3)9-15-13-7-6-12(8-14)10-16-13/h6-7,10-11H,4-5,9H2,1-3H3,(H,15,16). The highest BCUT2D eigenvalue weighted by molar-refractivity contribution is 5.38. The van der Waals surface area contributed by atoms with Crippen molar-refractivity contribution in [1.82, 2.24) is 9.88 Å². The van der Waals surface area contributed by atoms with Crippen LogP contribution in [0.25, 0.3) is 0 Å². The van der Waals surface area contributed by atoms with Crippen LogP contribution in [0.2, 0.25) is 0 Å². The first kappa shape index (κ1) is 13.5. The van der Waals surface area contributed by atoms with Crippen molar-refractivity contribution in [2.45, 2.75) is 26.8 Å². The molecule has 1 unspecified atom stereocenters. The number of hydrogen-bond acceptors (Lipinski definition) is 4. The fourth-order valence-corrected chi connectivity index (χ4v) is 1.79. The zero-order valence-corrected chi connectivity index (χ0v) is 10.8. The summed E-state index contributed by atoms with van der Waals surface area (Å²) in [5.74, 6) is 0.822. The van der Waals surface area contributed by atoms with Crippen molar-refractivity contribution in [2.75, 3.05) is 25.0 Å². The highest BCUT2D eigenvalue weighted by Crippen LogP contribution is 2.05. The van der Waals surface area contributed by atoms with Crippen LogP contribution in [0.4, 0.5) is 5.82 Å². The Morgan fingerprint density at radius 2 is 2.12 bits per heavy atom. The summed E-state index contributed by atoms with van der Waals surface area (Å²) in [5.41, 5.74) is 0.590. The second kappa shape index (κ2) is 6.87. The van der Waals surface area contributed by atoms with Crippen LogP contribution in [0.15, 0.2) is 18.3 Å². The summed E-state index contributed by atoms with van der Waals surface area (Å²) in [7, 11) is 0. The largest absolute Gasteiger partial charge is 0.369 e. The van der Waals surface area contributed by atoms with Gasteiger partial charge in [0, 0.05) is 18.8 Å². The summed E-state index contributed by atoms with van der Waals surface area (Å²) in [6, 6.07) is 6.15. The summed E-state index contributed by atoms with van der Waals surface area (Å²) < 4.78 is 0. The van der Waals surface area contributed by atoms with Gasteiger partial charge in [0.15, 0.2) is 0 Å². The molecule has 0 aliphatic rings. The number of nitrogens with one attached hydrogen (secondary N) is 1. The first-order valence-corrected chi connectivity index (χ1v) is 6.05. The normalized spacial score (nSPS) is 12.2. The molecule has 1 heterocycles. The molecule has 0 saturated heterocycles. The van der Waals surface area contributed by atoms with Gasteiger partial charge in [-0.3, -0.25) is 4.90 Å². The van der Waals surface area contributed by atoms with E-state index >= 15 is 0 Å². The maximum absolute atomic E-state index is 8.67. The Labute approximate surface area is 103 Å². The molecular formula is C13H20N4. The Morgan fingerprint density at radius 3 is 2.59 bits per heavy atom. The number of pyridine rings is 1. The fourth-order valence-electron chi connectivity index (χ4n) is 1.79. The molecule has 92 valence electrons. The maximum Gasteiger partial charge on any atom is 0.126 e. The minimum atomic E-state index is 0.474. The molecule has 1 N–H and O–H groups in total. The van der Waals surface area contributed by atoms with Crippen LogP contribution in [0.1, 0.15) is 26.3 Å². The zero-order chi connectivity index (χ0) is 12.7. The van der Waals surface area contributed by atoms with E-state index in [4.69, 9.17) is 5.26 Å². The minimum Gasteiger partial charge on any atom is -0.369 e. The SMILES string of the molecule is CCN(CC)C(C)CNc1ccc(C#N)cn1. The molecule has 0 aliphatic heterocycles. The molecule has 1 rings (SSSR count). The number of aromatic nitrogens is 1. The lowest BCUT2D eigenvalue weighted by Crippen LogP contribution is -2.37. The van der Waals surface area contributed by atoms with Gasteiger partial charge in [0.05, 0.1) is 5.56 Å². The summed E-state index contributed by atoms with van der Waals surface area (Å²) in [4.78, 5) is 6.57. The van der Waals surface area contributed by atoms with Crippen molar-refractivity contribution in [2.24, 2.45) is 0 Å². The van der Waals surface area contributed by atoms with Crippen molar-refractivity contribution in [3.63, 3.8) is 0 Å². The van der Waals surface area contributed by atoms with E-state index in [2.05, 4.69) is 42.0 Å². The maximum atomic E-state index is 8.67. The van der Waals surface area contributed by atoms with E-state index in [1.807, 2.05) is 6.07 Å². The Morgan fingerprint density at radius 1 is 1.41 bits per heavy atom. The van der Waals surface area contributed by atoms with E-state index in [9.17, 15) is 0 Å². The molecule has 0 radical (unpaired) electrons. The Hall–Kier alpha value is -1.60. The van der Waals surface area contributed by atoms with Crippen molar-refractivity contribution in [3.05, 3.63) is 23.9 Å². The molecule has 0 spiro atoms. The topological polar surface area (TPSA) is 52.0 Å². The second-order valence-corrected chi connectivity index (χ2v) is 4.00. The lowest BCUT2D eigenvalue weighted by Gasteiger charge is -2.26. The third-order valence-electron chi connectivity index (χ3n) is 2.91. The van der Waals surface area contributed by atoms with Crippen LogP contribution in [0.3, 0.4) is 0 Å². The van der Waals surface area contributed by atoms with Crippen LogP contribution in [0.5, 0.6) is 0 Å². The number of anilines is 1. The van der Waals surface area contributed by atoms with E-state index < -0.39 is 0 Å². The Bertz CT molecular complexity index is 362. The average Bonchev–Trinajstić information content (AvgIpc) is 2.38. The molecule has 17 heavy (non-hydrogen) atoms. The van der Waals surface area contributed by atoms with E-state index in [0.29, 0.717) is 11.6 Å². The van der Waals surface area contributed by atoms with E-state index in [0.717, 1.165) is 25.5 Å². The van der Waals surface area contributed by atoms with Crippen LogP contribution in [-0.4, -0.2) is 35.6 Å². The van der Waals surface area contributed by atoms with Gasteiger partial charge in [-0.05, 0) is 32.1 Å². The molecule has 1 atom stereocenters. The first-order valence-electron chi connectivity index (χ1n) is 6.05. The summed E-state index contributed by atoms with van der Waals surface area (Å²) in [5, 5.41) is 11.9. The lowest BCUT2D eigenvalue weighted by atomic mass is 10.2. The van der Waals surface area contributed by atoms with Gasteiger partial charge in [0.2, 0.25) is 0 Å². The number of hydrogen-bond donors (Lipinski definition) is 1. The molecule has 0 aliphatic carbocycles. The molecule has 0 saturated carbocycles. The Balaban J connectivity index is 2.47. The van der Waals surface area contributed by atoms with Crippen molar-refractivity contribution in [1.29, 1.82) is 5.26 Å². The van der Waals surface area contributed by atoms with Crippen LogP contribution >= 0.6 is 0 Å². The third kappa shape index (κ3) is 4.04. The molecule has 1 aromatic heterocycles. The monoisotopic (exact) mass is 232 g/mol. The van der Waals surface area contributed by atoms with Gasteiger partial charge in [0.1, 0.15) is 11.9 Å². The van der Waals surface area contributed by atoms with Gasteiger partial charge in [-0.25, -0.2) is 4.98 Å². The fraction of sp³-hybridized carbons (Fsp3) is 0.538. The number of nitrogens with zero attached hydrogens (tertiary/aromatic N) is 3. The number of nitriles is 1. The predicted molar refractivity (Wildman–Crippen MR) is 69.8 cm³/mol. The highest BCUT2D eigenvalue weighted by atomic mass is 15.2. The molecule has 0 aromatic carbocycles. The van der Waals surface area contributed by atoms with Gasteiger partial charge in [-0.15, -0.1) is 0 Å². The molecule has 4 nitrogen and oxygen atoms in total. The van der Waals surface area contributed by atoms with Crippen molar-refractivity contribution >= 4 is 5.82 Å². The Kier molecular flexibility index (Phi) is 5.44. The lowest BCUT2D eigenvalue weighted by molar-refractivity contribution is 0.240. The van der Waals surface area contributed by atoms with Crippen molar-refractivity contribution in [3.8, 4) is 6.07 Å². The third-order valence-corrected chi connectivity index (χ3v) is 2.91. The minimum absolute atomic E-state index is 0.474. The van der Waals surface area contributed by atoms with E-state index in [1.54, 1.807) is 12.3 Å². The van der Waals surface area contributed by atoms with Crippen molar-refractivity contribution < 1.29 is 0 Å². The van der Waals surface area contributed by atoms with Gasteiger partial charge < -0.3 is 5.32 Å². The summed E-state index contributed by atoms with van der Waals surface area (Å²) in [6.45, 7) is 9.50. The van der Waals surface area contributed by atoms with Crippen LogP contribution in [0, 0.1) is 11.3 Å². The van der Waals surface area contributed by atoms with Gasteiger partial charge in [-0.1, -0.05) is 13.8 Å². The van der Waals surface area contributed by atoms with Gasteiger partial charge in [0.25, 0.3) is 0 Å². The molecule has 1 aromatic rings. The average molecular weight is 232 g/mol. The molecule has 0 amide bonds. The number of likely N-dealkylation sites (N-methyl/N-ethyl adjacent to an activating group) is 1. The second-order valence-electron chi connectivity index (χ2n) is 4.00. The molecule has 0 fully saturated rings.